The molecule has 1 aliphatic carbocycles. The zero-order chi connectivity index (χ0) is 24.4. The highest BCUT2D eigenvalue weighted by Crippen LogP contribution is 2.39. The number of Topliss-reactive ketones (excluding diaryl/α,β-unsaturated/α-hetero) is 1. The molecule has 4 nitrogen and oxygen atoms in total. The average Bonchev–Trinajstić information content (AvgIpc) is 3.15. The number of nitrogens with zero attached hydrogens (tertiary/aromatic N) is 1. The second-order valence-electron chi connectivity index (χ2n) is 7.93. The Hall–Kier alpha value is -3.86. The summed E-state index contributed by atoms with van der Waals surface area (Å²) in [6.45, 7) is 0. The molecule has 0 radical (unpaired) electrons. The Morgan fingerprint density at radius 2 is 1.54 bits per heavy atom. The van der Waals surface area contributed by atoms with Crippen LogP contribution in [0.5, 0.6) is 5.75 Å². The van der Waals surface area contributed by atoms with Crippen LogP contribution in [0.3, 0.4) is 0 Å². The first-order valence-corrected chi connectivity index (χ1v) is 11.7. The predicted octanol–water partition coefficient (Wildman–Crippen LogP) is 7.93. The summed E-state index contributed by atoms with van der Waals surface area (Å²) in [5, 5.41) is 4.39. The number of aliphatic imine (C=N–C) groups is 1. The maximum Gasteiger partial charge on any atom is 0.196 e. The number of ether oxygens (including phenoxy) is 1. The number of carbonyl (C=O) groups excluding carboxylic acids is 1. The van der Waals surface area contributed by atoms with Crippen LogP contribution >= 0.6 is 23.2 Å². The van der Waals surface area contributed by atoms with E-state index in [9.17, 15) is 4.79 Å². The molecule has 0 aromatic heterocycles. The van der Waals surface area contributed by atoms with Gasteiger partial charge in [-0.05, 0) is 42.0 Å². The smallest absolute Gasteiger partial charge is 0.196 e. The molecule has 172 valence electrons. The van der Waals surface area contributed by atoms with Gasteiger partial charge >= 0.3 is 0 Å². The zero-order valence-electron chi connectivity index (χ0n) is 18.8. The van der Waals surface area contributed by atoms with E-state index in [1.54, 1.807) is 25.5 Å². The molecule has 0 aliphatic heterocycles. The topological polar surface area (TPSA) is 50.7 Å². The van der Waals surface area contributed by atoms with E-state index in [1.807, 2.05) is 78.9 Å². The highest BCUT2D eigenvalue weighted by molar-refractivity contribution is 6.40. The maximum atomic E-state index is 13.2. The lowest BCUT2D eigenvalue weighted by molar-refractivity contribution is 0.105. The Bertz CT molecular complexity index is 1480. The van der Waals surface area contributed by atoms with Gasteiger partial charge in [-0.1, -0.05) is 77.8 Å². The molecule has 0 bridgehead atoms. The van der Waals surface area contributed by atoms with E-state index in [0.717, 1.165) is 28.2 Å². The third-order valence-electron chi connectivity index (χ3n) is 5.71. The van der Waals surface area contributed by atoms with Gasteiger partial charge in [0.25, 0.3) is 0 Å². The molecule has 0 spiro atoms. The van der Waals surface area contributed by atoms with Crippen LogP contribution in [0.15, 0.2) is 96.0 Å². The van der Waals surface area contributed by atoms with Gasteiger partial charge in [-0.25, -0.2) is 0 Å². The monoisotopic (exact) mass is 498 g/mol. The van der Waals surface area contributed by atoms with Gasteiger partial charge in [0, 0.05) is 33.6 Å². The van der Waals surface area contributed by atoms with Crippen molar-refractivity contribution < 1.29 is 9.53 Å². The summed E-state index contributed by atoms with van der Waals surface area (Å²) in [6, 6.07) is 28.4. The molecule has 0 heterocycles. The van der Waals surface area contributed by atoms with Gasteiger partial charge in [-0.2, -0.15) is 0 Å². The van der Waals surface area contributed by atoms with Crippen molar-refractivity contribution >= 4 is 57.8 Å². The predicted molar refractivity (Wildman–Crippen MR) is 144 cm³/mol. The SMILES string of the molecule is COc1c(Cl)cc(Cl)cc1C=Nc1ccc(NC2=C(c3ccccc3)C(=O)c3ccccc32)cc1. The summed E-state index contributed by atoms with van der Waals surface area (Å²) < 4.78 is 5.37. The van der Waals surface area contributed by atoms with E-state index in [0.29, 0.717) is 32.5 Å². The van der Waals surface area contributed by atoms with Crippen LogP contribution in [0.1, 0.15) is 27.0 Å². The van der Waals surface area contributed by atoms with Crippen LogP contribution in [0.25, 0.3) is 11.3 Å². The van der Waals surface area contributed by atoms with Gasteiger partial charge in [-0.3, -0.25) is 9.79 Å². The van der Waals surface area contributed by atoms with Crippen LogP contribution < -0.4 is 10.1 Å². The lowest BCUT2D eigenvalue weighted by atomic mass is 10.0. The van der Waals surface area contributed by atoms with Crippen LogP contribution in [-0.2, 0) is 0 Å². The number of halogens is 2. The van der Waals surface area contributed by atoms with Gasteiger partial charge in [0.15, 0.2) is 5.78 Å². The number of nitrogens with one attached hydrogen (secondary N) is 1. The lowest BCUT2D eigenvalue weighted by Gasteiger charge is -2.12. The molecule has 4 aromatic rings. The van der Waals surface area contributed by atoms with Crippen LogP contribution in [0.4, 0.5) is 11.4 Å². The Labute approximate surface area is 213 Å². The molecule has 0 fully saturated rings. The Morgan fingerprint density at radius 1 is 0.857 bits per heavy atom. The molecule has 0 saturated carbocycles. The normalized spacial score (nSPS) is 12.8. The Balaban J connectivity index is 1.45. The number of allylic oxidation sites excluding steroid dienone is 1. The van der Waals surface area contributed by atoms with Crippen molar-refractivity contribution in [1.29, 1.82) is 0 Å². The number of fused-ring (bicyclic) bond motifs is 1. The summed E-state index contributed by atoms with van der Waals surface area (Å²) in [6.07, 6.45) is 1.67. The average molecular weight is 499 g/mol. The fourth-order valence-corrected chi connectivity index (χ4v) is 4.69. The molecule has 6 heteroatoms. The van der Waals surface area contributed by atoms with Crippen molar-refractivity contribution in [2.75, 3.05) is 12.4 Å². The first-order chi connectivity index (χ1) is 17.0. The van der Waals surface area contributed by atoms with E-state index >= 15 is 0 Å². The minimum atomic E-state index is 0.0182. The quantitative estimate of drug-likeness (QED) is 0.274. The van der Waals surface area contributed by atoms with Crippen molar-refractivity contribution in [2.24, 2.45) is 4.99 Å². The Morgan fingerprint density at radius 3 is 2.26 bits per heavy atom. The second kappa shape index (κ2) is 9.79. The molecular formula is C29H20Cl2N2O2. The molecule has 5 rings (SSSR count). The van der Waals surface area contributed by atoms with E-state index < -0.39 is 0 Å². The fraction of sp³-hybridized carbons (Fsp3) is 0.0345. The van der Waals surface area contributed by atoms with Gasteiger partial charge in [-0.15, -0.1) is 0 Å². The largest absolute Gasteiger partial charge is 0.495 e. The summed E-state index contributed by atoms with van der Waals surface area (Å²) in [7, 11) is 1.55. The molecule has 0 unspecified atom stereocenters. The molecule has 4 aromatic carbocycles. The number of ketones is 1. The highest BCUT2D eigenvalue weighted by Gasteiger charge is 2.30. The van der Waals surface area contributed by atoms with E-state index in [2.05, 4.69) is 10.3 Å². The number of rotatable bonds is 6. The molecule has 0 saturated heterocycles. The van der Waals surface area contributed by atoms with E-state index in [4.69, 9.17) is 27.9 Å². The zero-order valence-corrected chi connectivity index (χ0v) is 20.3. The number of hydrogen-bond acceptors (Lipinski definition) is 4. The summed E-state index contributed by atoms with van der Waals surface area (Å²) in [5.74, 6) is 0.535. The number of benzene rings is 4. The standard InChI is InChI=1S/C29H20Cl2N2O2/c1-35-29-19(15-20(30)16-25(29)31)17-32-21-11-13-22(14-12-21)33-27-23-9-5-6-10-24(23)28(34)26(27)18-7-3-2-4-8-18/h2-17,33H,1H3. The van der Waals surface area contributed by atoms with Gasteiger partial charge in [0.1, 0.15) is 5.75 Å². The van der Waals surface area contributed by atoms with Crippen molar-refractivity contribution in [2.45, 2.75) is 0 Å². The van der Waals surface area contributed by atoms with Crippen molar-refractivity contribution in [1.82, 2.24) is 0 Å². The third kappa shape index (κ3) is 4.59. The minimum Gasteiger partial charge on any atom is -0.495 e. The Kier molecular flexibility index (Phi) is 6.41. The first-order valence-electron chi connectivity index (χ1n) is 10.9. The summed E-state index contributed by atoms with van der Waals surface area (Å²) >= 11 is 12.3. The van der Waals surface area contributed by atoms with Crippen molar-refractivity contribution in [3.63, 3.8) is 0 Å². The molecule has 1 N–H and O–H groups in total. The van der Waals surface area contributed by atoms with E-state index in [-0.39, 0.29) is 5.78 Å². The van der Waals surface area contributed by atoms with Crippen molar-refractivity contribution in [3.05, 3.63) is 123 Å². The third-order valence-corrected chi connectivity index (χ3v) is 6.21. The van der Waals surface area contributed by atoms with Crippen LogP contribution in [0.2, 0.25) is 10.0 Å². The highest BCUT2D eigenvalue weighted by atomic mass is 35.5. The van der Waals surface area contributed by atoms with Gasteiger partial charge < -0.3 is 10.1 Å². The summed E-state index contributed by atoms with van der Waals surface area (Å²) in [4.78, 5) is 17.8. The van der Waals surface area contributed by atoms with Gasteiger partial charge in [0.05, 0.1) is 29.1 Å². The van der Waals surface area contributed by atoms with Crippen molar-refractivity contribution in [3.8, 4) is 5.75 Å². The number of hydrogen-bond donors (Lipinski definition) is 1. The molecule has 1 aliphatic rings. The molecule has 35 heavy (non-hydrogen) atoms. The minimum absolute atomic E-state index is 0.0182. The van der Waals surface area contributed by atoms with Gasteiger partial charge in [0.2, 0.25) is 0 Å². The molecule has 0 amide bonds. The lowest BCUT2D eigenvalue weighted by Crippen LogP contribution is -2.01. The number of anilines is 1. The maximum absolute atomic E-state index is 13.2. The molecular weight excluding hydrogens is 479 g/mol. The number of carbonyl (C=O) groups is 1. The first kappa shape index (κ1) is 22.9. The molecule has 0 atom stereocenters. The van der Waals surface area contributed by atoms with Crippen LogP contribution in [0, 0.1) is 0 Å². The van der Waals surface area contributed by atoms with E-state index in [1.165, 1.54) is 0 Å². The number of methoxy groups -OCH3 is 1. The second-order valence-corrected chi connectivity index (χ2v) is 8.77. The summed E-state index contributed by atoms with van der Waals surface area (Å²) in [5.41, 5.74) is 6.21. The fourth-order valence-electron chi connectivity index (χ4n) is 4.10. The van der Waals surface area contributed by atoms with Crippen LogP contribution in [-0.4, -0.2) is 19.1 Å².